The second kappa shape index (κ2) is 10.1. The molecule has 0 aliphatic rings. The molecule has 0 aromatic heterocycles. The standard InChI is InChI=1S/C25H20O2.C2H6/c1-19-7-13-23(14-8-19)27-25-17-11-21(12-18-25)20-9-15-24(16-10-20)26-22-5-3-2-4-6-22;1-2/h2-18H,1H3;1-2H3. The molecule has 2 heteroatoms. The number of ether oxygens (including phenoxy) is 2. The van der Waals surface area contributed by atoms with Gasteiger partial charge in [-0.2, -0.15) is 0 Å². The van der Waals surface area contributed by atoms with Gasteiger partial charge in [0.2, 0.25) is 0 Å². The fourth-order valence-corrected chi connectivity index (χ4v) is 2.80. The van der Waals surface area contributed by atoms with Crippen molar-refractivity contribution >= 4 is 0 Å². The van der Waals surface area contributed by atoms with E-state index in [1.165, 1.54) is 5.56 Å². The number of benzene rings is 4. The third-order valence-electron chi connectivity index (χ3n) is 4.28. The smallest absolute Gasteiger partial charge is 0.127 e. The molecule has 146 valence electrons. The van der Waals surface area contributed by atoms with Crippen LogP contribution in [0.2, 0.25) is 0 Å². The topological polar surface area (TPSA) is 18.5 Å². The van der Waals surface area contributed by atoms with Gasteiger partial charge in [-0.05, 0) is 66.6 Å². The van der Waals surface area contributed by atoms with Crippen LogP contribution in [0.25, 0.3) is 11.1 Å². The Hall–Kier alpha value is -3.52. The Labute approximate surface area is 173 Å². The van der Waals surface area contributed by atoms with Gasteiger partial charge in [0.1, 0.15) is 23.0 Å². The summed E-state index contributed by atoms with van der Waals surface area (Å²) in [6.07, 6.45) is 0. The zero-order valence-electron chi connectivity index (χ0n) is 17.1. The molecular formula is C27H26O2. The average Bonchev–Trinajstić information content (AvgIpc) is 2.79. The van der Waals surface area contributed by atoms with Crippen LogP contribution < -0.4 is 9.47 Å². The van der Waals surface area contributed by atoms with E-state index >= 15 is 0 Å². The molecule has 4 rings (SSSR count). The number of rotatable bonds is 5. The van der Waals surface area contributed by atoms with Gasteiger partial charge in [-0.3, -0.25) is 0 Å². The molecule has 4 aromatic rings. The van der Waals surface area contributed by atoms with Crippen LogP contribution >= 0.6 is 0 Å². The van der Waals surface area contributed by atoms with Gasteiger partial charge in [0.25, 0.3) is 0 Å². The van der Waals surface area contributed by atoms with Gasteiger partial charge < -0.3 is 9.47 Å². The van der Waals surface area contributed by atoms with Gasteiger partial charge in [-0.25, -0.2) is 0 Å². The molecule has 0 atom stereocenters. The molecule has 0 N–H and O–H groups in total. The minimum Gasteiger partial charge on any atom is -0.457 e. The van der Waals surface area contributed by atoms with Gasteiger partial charge in [0.05, 0.1) is 0 Å². The number of aryl methyl sites for hydroxylation is 1. The van der Waals surface area contributed by atoms with E-state index in [2.05, 4.69) is 31.2 Å². The van der Waals surface area contributed by atoms with Gasteiger partial charge in [-0.1, -0.05) is 74.0 Å². The van der Waals surface area contributed by atoms with E-state index in [1.54, 1.807) is 0 Å². The maximum absolute atomic E-state index is 5.89. The van der Waals surface area contributed by atoms with E-state index in [4.69, 9.17) is 9.47 Å². The van der Waals surface area contributed by atoms with Crippen molar-refractivity contribution in [1.82, 2.24) is 0 Å². The number of hydrogen-bond acceptors (Lipinski definition) is 2. The van der Waals surface area contributed by atoms with E-state index < -0.39 is 0 Å². The van der Waals surface area contributed by atoms with Gasteiger partial charge in [-0.15, -0.1) is 0 Å². The third-order valence-corrected chi connectivity index (χ3v) is 4.28. The molecule has 0 saturated carbocycles. The normalized spacial score (nSPS) is 9.90. The highest BCUT2D eigenvalue weighted by molar-refractivity contribution is 5.65. The van der Waals surface area contributed by atoms with Crippen molar-refractivity contribution in [3.63, 3.8) is 0 Å². The maximum atomic E-state index is 5.89. The van der Waals surface area contributed by atoms with E-state index in [0.29, 0.717) is 0 Å². The molecular weight excluding hydrogens is 356 g/mol. The van der Waals surface area contributed by atoms with E-state index in [1.807, 2.05) is 92.7 Å². The van der Waals surface area contributed by atoms with Crippen LogP contribution in [-0.2, 0) is 0 Å². The highest BCUT2D eigenvalue weighted by atomic mass is 16.5. The quantitative estimate of drug-likeness (QED) is 0.346. The summed E-state index contributed by atoms with van der Waals surface area (Å²) in [5.41, 5.74) is 3.49. The Balaban J connectivity index is 0.00000117. The van der Waals surface area contributed by atoms with Gasteiger partial charge >= 0.3 is 0 Å². The van der Waals surface area contributed by atoms with Crippen molar-refractivity contribution in [2.75, 3.05) is 0 Å². The summed E-state index contributed by atoms with van der Waals surface area (Å²) >= 11 is 0. The van der Waals surface area contributed by atoms with Crippen molar-refractivity contribution in [3.05, 3.63) is 109 Å². The van der Waals surface area contributed by atoms with Crippen LogP contribution in [0.15, 0.2) is 103 Å². The molecule has 0 fully saturated rings. The number of para-hydroxylation sites is 1. The Morgan fingerprint density at radius 2 is 0.759 bits per heavy atom. The minimum absolute atomic E-state index is 0.823. The van der Waals surface area contributed by atoms with Crippen molar-refractivity contribution < 1.29 is 9.47 Å². The largest absolute Gasteiger partial charge is 0.457 e. The molecule has 0 saturated heterocycles. The zero-order chi connectivity index (χ0) is 20.5. The predicted octanol–water partition coefficient (Wildman–Crippen LogP) is 8.27. The molecule has 0 unspecified atom stereocenters. The van der Waals surface area contributed by atoms with Crippen molar-refractivity contribution in [3.8, 4) is 34.1 Å². The minimum atomic E-state index is 0.823. The van der Waals surface area contributed by atoms with Gasteiger partial charge in [0, 0.05) is 0 Å². The lowest BCUT2D eigenvalue weighted by Crippen LogP contribution is -1.86. The Bertz CT molecular complexity index is 987. The summed E-state index contributed by atoms with van der Waals surface area (Å²) < 4.78 is 11.7. The summed E-state index contributed by atoms with van der Waals surface area (Å²) in [6.45, 7) is 6.06. The van der Waals surface area contributed by atoms with E-state index in [9.17, 15) is 0 Å². The summed E-state index contributed by atoms with van der Waals surface area (Å²) in [6, 6.07) is 34.0. The summed E-state index contributed by atoms with van der Waals surface area (Å²) in [7, 11) is 0. The molecule has 0 heterocycles. The SMILES string of the molecule is CC.Cc1ccc(Oc2ccc(-c3ccc(Oc4ccccc4)cc3)cc2)cc1. The fraction of sp³-hybridized carbons (Fsp3) is 0.111. The summed E-state index contributed by atoms with van der Waals surface area (Å²) in [5, 5.41) is 0. The molecule has 0 aliphatic carbocycles. The second-order valence-electron chi connectivity index (χ2n) is 6.38. The molecule has 0 spiro atoms. The van der Waals surface area contributed by atoms with E-state index in [0.717, 1.165) is 34.1 Å². The molecule has 4 aromatic carbocycles. The van der Waals surface area contributed by atoms with Crippen molar-refractivity contribution in [1.29, 1.82) is 0 Å². The van der Waals surface area contributed by atoms with Crippen LogP contribution in [0.4, 0.5) is 0 Å². The Kier molecular flexibility index (Phi) is 7.07. The molecule has 29 heavy (non-hydrogen) atoms. The highest BCUT2D eigenvalue weighted by Gasteiger charge is 2.02. The Morgan fingerprint density at radius 3 is 1.17 bits per heavy atom. The first-order valence-electron chi connectivity index (χ1n) is 9.94. The first-order valence-corrected chi connectivity index (χ1v) is 9.94. The lowest BCUT2D eigenvalue weighted by molar-refractivity contribution is 0.482. The zero-order valence-corrected chi connectivity index (χ0v) is 17.1. The van der Waals surface area contributed by atoms with Crippen LogP contribution in [0.3, 0.4) is 0 Å². The molecule has 0 bridgehead atoms. The summed E-state index contributed by atoms with van der Waals surface area (Å²) in [5.74, 6) is 3.33. The van der Waals surface area contributed by atoms with Crippen molar-refractivity contribution in [2.45, 2.75) is 20.8 Å². The monoisotopic (exact) mass is 382 g/mol. The number of hydrogen-bond donors (Lipinski definition) is 0. The molecule has 0 amide bonds. The van der Waals surface area contributed by atoms with Crippen LogP contribution in [0.1, 0.15) is 19.4 Å². The van der Waals surface area contributed by atoms with Crippen LogP contribution in [0.5, 0.6) is 23.0 Å². The molecule has 0 aliphatic heterocycles. The third kappa shape index (κ3) is 5.73. The fourth-order valence-electron chi connectivity index (χ4n) is 2.80. The lowest BCUT2D eigenvalue weighted by atomic mass is 10.1. The highest BCUT2D eigenvalue weighted by Crippen LogP contribution is 2.28. The average molecular weight is 383 g/mol. The first-order chi connectivity index (χ1) is 14.3. The Morgan fingerprint density at radius 1 is 0.414 bits per heavy atom. The maximum Gasteiger partial charge on any atom is 0.127 e. The van der Waals surface area contributed by atoms with Crippen LogP contribution in [-0.4, -0.2) is 0 Å². The summed E-state index contributed by atoms with van der Waals surface area (Å²) in [4.78, 5) is 0. The molecule has 2 nitrogen and oxygen atoms in total. The molecule has 0 radical (unpaired) electrons. The van der Waals surface area contributed by atoms with Crippen molar-refractivity contribution in [2.24, 2.45) is 0 Å². The second-order valence-corrected chi connectivity index (χ2v) is 6.38. The van der Waals surface area contributed by atoms with Gasteiger partial charge in [0.15, 0.2) is 0 Å². The van der Waals surface area contributed by atoms with E-state index in [-0.39, 0.29) is 0 Å². The lowest BCUT2D eigenvalue weighted by Gasteiger charge is -2.09. The predicted molar refractivity (Wildman–Crippen MR) is 121 cm³/mol. The van der Waals surface area contributed by atoms with Crippen LogP contribution in [0, 0.1) is 6.92 Å². The first kappa shape index (κ1) is 20.2.